The van der Waals surface area contributed by atoms with Gasteiger partial charge in [0, 0.05) is 20.2 Å². The fraction of sp³-hybridized carbons (Fsp3) is 0.100. The largest absolute Gasteiger partial charge is 0.288 e. The fourth-order valence-corrected chi connectivity index (χ4v) is 5.35. The van der Waals surface area contributed by atoms with Gasteiger partial charge in [0.15, 0.2) is 5.43 Å². The Kier molecular flexibility index (Phi) is 5.46. The number of benzene rings is 5. The van der Waals surface area contributed by atoms with Crippen LogP contribution in [0.5, 0.6) is 0 Å². The van der Waals surface area contributed by atoms with Crippen LogP contribution in [0.15, 0.2) is 108 Å². The molecule has 0 radical (unpaired) electrons. The highest BCUT2D eigenvalue weighted by Crippen LogP contribution is 2.29. The molecule has 0 atom stereocenters. The van der Waals surface area contributed by atoms with Crippen LogP contribution in [0.3, 0.4) is 0 Å². The highest BCUT2D eigenvalue weighted by Gasteiger charge is 2.11. The molecule has 0 bridgehead atoms. The first-order valence-electron chi connectivity index (χ1n) is 10.9. The molecule has 0 saturated heterocycles. The summed E-state index contributed by atoms with van der Waals surface area (Å²) in [6, 6.07) is 35.4. The summed E-state index contributed by atoms with van der Waals surface area (Å²) in [5.41, 5.74) is 1.32. The summed E-state index contributed by atoms with van der Waals surface area (Å²) in [6.07, 6.45) is 0. The van der Waals surface area contributed by atoms with E-state index >= 15 is 0 Å². The van der Waals surface area contributed by atoms with E-state index in [2.05, 4.69) is 80.6 Å². The molecule has 0 N–H and O–H groups in total. The lowest BCUT2D eigenvalue weighted by atomic mass is 9.98. The van der Waals surface area contributed by atoms with Crippen molar-refractivity contribution in [2.75, 3.05) is 0 Å². The first-order valence-corrected chi connectivity index (χ1v) is 11.8. The normalized spacial score (nSPS) is 11.2. The quantitative estimate of drug-likeness (QED) is 0.238. The van der Waals surface area contributed by atoms with Gasteiger partial charge in [-0.2, -0.15) is 0 Å². The molecule has 5 aromatic carbocycles. The second-order valence-corrected chi connectivity index (χ2v) is 9.43. The summed E-state index contributed by atoms with van der Waals surface area (Å²) in [5.74, 6) is 0.370. The molecule has 1 aromatic heterocycles. The molecule has 6 aromatic rings. The van der Waals surface area contributed by atoms with Crippen molar-refractivity contribution in [3.05, 3.63) is 119 Å². The second-order valence-electron chi connectivity index (χ2n) is 8.35. The van der Waals surface area contributed by atoms with Crippen molar-refractivity contribution in [2.45, 2.75) is 19.8 Å². The van der Waals surface area contributed by atoms with Crippen LogP contribution in [-0.4, -0.2) is 0 Å². The Balaban J connectivity index is 0.000000139. The van der Waals surface area contributed by atoms with Crippen LogP contribution < -0.4 is 5.43 Å². The van der Waals surface area contributed by atoms with E-state index in [1.807, 2.05) is 36.4 Å². The topological polar surface area (TPSA) is 17.1 Å². The molecule has 156 valence electrons. The SMILES string of the molecule is CC(C)c1cccc2sc3ccccc3c(=O)c12.c1ccc2cc3ccccc3cc2c1. The van der Waals surface area contributed by atoms with Crippen LogP contribution in [0.25, 0.3) is 41.7 Å². The van der Waals surface area contributed by atoms with E-state index in [0.29, 0.717) is 5.92 Å². The van der Waals surface area contributed by atoms with Crippen molar-refractivity contribution in [1.29, 1.82) is 0 Å². The third kappa shape index (κ3) is 3.79. The minimum Gasteiger partial charge on any atom is -0.288 e. The van der Waals surface area contributed by atoms with Gasteiger partial charge in [-0.3, -0.25) is 4.79 Å². The van der Waals surface area contributed by atoms with Crippen LogP contribution >= 0.6 is 11.3 Å². The Labute approximate surface area is 191 Å². The number of fused-ring (bicyclic) bond motifs is 4. The number of rotatable bonds is 1. The first-order chi connectivity index (χ1) is 15.6. The van der Waals surface area contributed by atoms with Gasteiger partial charge >= 0.3 is 0 Å². The van der Waals surface area contributed by atoms with Gasteiger partial charge in [0.05, 0.1) is 0 Å². The number of hydrogen-bond donors (Lipinski definition) is 0. The van der Waals surface area contributed by atoms with Crippen LogP contribution in [-0.2, 0) is 0 Å². The Morgan fingerprint density at radius 3 is 1.66 bits per heavy atom. The molecule has 0 amide bonds. The van der Waals surface area contributed by atoms with Gasteiger partial charge in [0.2, 0.25) is 0 Å². The highest BCUT2D eigenvalue weighted by molar-refractivity contribution is 7.24. The van der Waals surface area contributed by atoms with E-state index in [4.69, 9.17) is 0 Å². The van der Waals surface area contributed by atoms with Gasteiger partial charge in [0.1, 0.15) is 0 Å². The summed E-state index contributed by atoms with van der Waals surface area (Å²) < 4.78 is 2.15. The molecule has 32 heavy (non-hydrogen) atoms. The Bertz CT molecular complexity index is 1520. The predicted molar refractivity (Wildman–Crippen MR) is 141 cm³/mol. The standard InChI is InChI=1S/C16H14OS.C14H10/c1-10(2)11-7-5-9-14-15(11)16(17)12-6-3-4-8-13(12)18-14;1-2-6-12-10-14-8-4-3-7-13(14)9-11(12)5-1/h3-10H,1-2H3;1-10H. The average molecular weight is 433 g/mol. The maximum Gasteiger partial charge on any atom is 0.196 e. The van der Waals surface area contributed by atoms with Crippen molar-refractivity contribution in [3.63, 3.8) is 0 Å². The molecule has 0 fully saturated rings. The van der Waals surface area contributed by atoms with E-state index in [1.165, 1.54) is 21.5 Å². The lowest BCUT2D eigenvalue weighted by Gasteiger charge is -2.09. The molecule has 0 saturated carbocycles. The molecule has 6 rings (SSSR count). The molecule has 0 aliphatic rings. The Morgan fingerprint density at radius 1 is 0.594 bits per heavy atom. The van der Waals surface area contributed by atoms with Gasteiger partial charge < -0.3 is 0 Å². The average Bonchev–Trinajstić information content (AvgIpc) is 2.83. The molecule has 0 aliphatic heterocycles. The molecule has 0 unspecified atom stereocenters. The van der Waals surface area contributed by atoms with E-state index < -0.39 is 0 Å². The van der Waals surface area contributed by atoms with Crippen LogP contribution in [0.1, 0.15) is 25.3 Å². The molecular formula is C30H24OS. The van der Waals surface area contributed by atoms with Gasteiger partial charge in [0.25, 0.3) is 0 Å². The van der Waals surface area contributed by atoms with Crippen LogP contribution in [0.2, 0.25) is 0 Å². The molecule has 1 heterocycles. The zero-order valence-corrected chi connectivity index (χ0v) is 19.0. The smallest absolute Gasteiger partial charge is 0.196 e. The lowest BCUT2D eigenvalue weighted by molar-refractivity contribution is 0.876. The Hall–Kier alpha value is -3.49. The van der Waals surface area contributed by atoms with Crippen molar-refractivity contribution < 1.29 is 0 Å². The van der Waals surface area contributed by atoms with Gasteiger partial charge in [-0.05, 0) is 63.4 Å². The second kappa shape index (κ2) is 8.57. The van der Waals surface area contributed by atoms with Crippen molar-refractivity contribution >= 4 is 53.1 Å². The zero-order valence-electron chi connectivity index (χ0n) is 18.2. The third-order valence-corrected chi connectivity index (χ3v) is 7.01. The summed E-state index contributed by atoms with van der Waals surface area (Å²) in [6.45, 7) is 4.27. The molecule has 0 aliphatic carbocycles. The molecule has 2 heteroatoms. The van der Waals surface area contributed by atoms with Gasteiger partial charge in [-0.1, -0.05) is 86.6 Å². The fourth-order valence-electron chi connectivity index (χ4n) is 4.24. The van der Waals surface area contributed by atoms with E-state index in [-0.39, 0.29) is 5.43 Å². The summed E-state index contributed by atoms with van der Waals surface area (Å²) >= 11 is 1.70. The van der Waals surface area contributed by atoms with E-state index in [1.54, 1.807) is 11.3 Å². The molecular weight excluding hydrogens is 408 g/mol. The van der Waals surface area contributed by atoms with Crippen molar-refractivity contribution in [3.8, 4) is 0 Å². The van der Waals surface area contributed by atoms with Crippen molar-refractivity contribution in [1.82, 2.24) is 0 Å². The summed E-state index contributed by atoms with van der Waals surface area (Å²) in [4.78, 5) is 12.6. The zero-order chi connectivity index (χ0) is 22.1. The number of hydrogen-bond acceptors (Lipinski definition) is 2. The third-order valence-electron chi connectivity index (χ3n) is 5.87. The minimum atomic E-state index is 0.170. The molecule has 0 spiro atoms. The van der Waals surface area contributed by atoms with Gasteiger partial charge in [-0.15, -0.1) is 11.3 Å². The lowest BCUT2D eigenvalue weighted by Crippen LogP contribution is -2.05. The minimum absolute atomic E-state index is 0.170. The van der Waals surface area contributed by atoms with Gasteiger partial charge in [-0.25, -0.2) is 0 Å². The first kappa shape index (κ1) is 20.4. The summed E-state index contributed by atoms with van der Waals surface area (Å²) in [7, 11) is 0. The monoisotopic (exact) mass is 432 g/mol. The Morgan fingerprint density at radius 2 is 1.09 bits per heavy atom. The van der Waals surface area contributed by atoms with E-state index in [9.17, 15) is 4.79 Å². The highest BCUT2D eigenvalue weighted by atomic mass is 32.1. The van der Waals surface area contributed by atoms with Crippen LogP contribution in [0.4, 0.5) is 0 Å². The maximum atomic E-state index is 12.6. The van der Waals surface area contributed by atoms with E-state index in [0.717, 1.165) is 25.7 Å². The summed E-state index contributed by atoms with van der Waals surface area (Å²) in [5, 5.41) is 6.98. The predicted octanol–water partition coefficient (Wildman–Crippen LogP) is 8.53. The van der Waals surface area contributed by atoms with Crippen LogP contribution in [0, 0.1) is 0 Å². The molecule has 1 nitrogen and oxygen atoms in total. The maximum absolute atomic E-state index is 12.6. The van der Waals surface area contributed by atoms with Crippen molar-refractivity contribution in [2.24, 2.45) is 0 Å².